The van der Waals surface area contributed by atoms with Crippen LogP contribution in [0.4, 0.5) is 10.2 Å². The molecule has 0 bridgehead atoms. The number of aromatic nitrogens is 3. The fraction of sp³-hybridized carbons (Fsp3) is 0.300. The van der Waals surface area contributed by atoms with Gasteiger partial charge in [0.05, 0.1) is 11.4 Å². The Balaban J connectivity index is 1.82. The molecular weight excluding hydrogens is 427 g/mol. The maximum absolute atomic E-state index is 13.1. The second-order valence-corrected chi connectivity index (χ2v) is 9.21. The largest absolute Gasteiger partial charge is 0.384 e. The molecule has 0 aliphatic heterocycles. The molecule has 2 heterocycles. The fourth-order valence-corrected chi connectivity index (χ4v) is 4.57. The van der Waals surface area contributed by atoms with Crippen LogP contribution in [-0.2, 0) is 13.6 Å². The third-order valence-corrected chi connectivity index (χ3v) is 6.38. The van der Waals surface area contributed by atoms with Crippen LogP contribution in [0, 0.1) is 11.7 Å². The number of rotatable bonds is 7. The first-order valence-electron chi connectivity index (χ1n) is 9.15. The molecule has 0 saturated carbocycles. The van der Waals surface area contributed by atoms with Gasteiger partial charge in [-0.1, -0.05) is 25.6 Å². The van der Waals surface area contributed by atoms with E-state index in [2.05, 4.69) is 4.98 Å². The number of anilines is 1. The lowest BCUT2D eigenvalue weighted by Gasteiger charge is -2.15. The van der Waals surface area contributed by atoms with Crippen molar-refractivity contribution in [2.75, 3.05) is 11.5 Å². The zero-order valence-corrected chi connectivity index (χ0v) is 18.3. The van der Waals surface area contributed by atoms with Crippen molar-refractivity contribution in [3.8, 4) is 11.3 Å². The highest BCUT2D eigenvalue weighted by Gasteiger charge is 2.22. The fourth-order valence-electron chi connectivity index (χ4n) is 2.86. The quantitative estimate of drug-likeness (QED) is 0.441. The van der Waals surface area contributed by atoms with Gasteiger partial charge in [-0.15, -0.1) is 11.3 Å². The Morgan fingerprint density at radius 2 is 1.93 bits per heavy atom. The van der Waals surface area contributed by atoms with Gasteiger partial charge in [0.2, 0.25) is 0 Å². The highest BCUT2D eigenvalue weighted by Crippen LogP contribution is 2.29. The number of benzene rings is 1. The summed E-state index contributed by atoms with van der Waals surface area (Å²) < 4.78 is 15.9. The molecule has 0 amide bonds. The van der Waals surface area contributed by atoms with Crippen LogP contribution in [0.3, 0.4) is 0 Å². The third-order valence-electron chi connectivity index (χ3n) is 4.36. The van der Waals surface area contributed by atoms with Gasteiger partial charge in [-0.25, -0.2) is 14.2 Å². The average molecular weight is 449 g/mol. The van der Waals surface area contributed by atoms with Crippen LogP contribution < -0.4 is 17.0 Å². The Labute approximate surface area is 180 Å². The molecule has 2 N–H and O–H groups in total. The number of carbonyl (C=O) groups is 1. The van der Waals surface area contributed by atoms with E-state index in [1.807, 2.05) is 19.2 Å². The van der Waals surface area contributed by atoms with Crippen molar-refractivity contribution in [3.05, 3.63) is 61.9 Å². The smallest absolute Gasteiger partial charge is 0.332 e. The van der Waals surface area contributed by atoms with Crippen molar-refractivity contribution in [2.24, 2.45) is 13.0 Å². The van der Waals surface area contributed by atoms with E-state index < -0.39 is 17.0 Å². The van der Waals surface area contributed by atoms with Gasteiger partial charge in [-0.2, -0.15) is 0 Å². The lowest BCUT2D eigenvalue weighted by Crippen LogP contribution is -2.43. The van der Waals surface area contributed by atoms with Gasteiger partial charge < -0.3 is 5.73 Å². The van der Waals surface area contributed by atoms with E-state index in [9.17, 15) is 18.8 Å². The highest BCUT2D eigenvalue weighted by molar-refractivity contribution is 8.01. The van der Waals surface area contributed by atoms with Crippen LogP contribution >= 0.6 is 23.1 Å². The molecule has 0 saturated heterocycles. The zero-order chi connectivity index (χ0) is 22.0. The lowest BCUT2D eigenvalue weighted by molar-refractivity contribution is 0.102. The number of thioether (sulfide) groups is 1. The van der Waals surface area contributed by atoms with Crippen LogP contribution in [0.2, 0.25) is 0 Å². The first-order chi connectivity index (χ1) is 14.2. The molecule has 3 aromatic rings. The lowest BCUT2D eigenvalue weighted by atomic mass is 10.2. The van der Waals surface area contributed by atoms with E-state index in [-0.39, 0.29) is 28.9 Å². The molecule has 7 nitrogen and oxygen atoms in total. The van der Waals surface area contributed by atoms with E-state index in [0.29, 0.717) is 16.6 Å². The predicted molar refractivity (Wildman–Crippen MR) is 118 cm³/mol. The summed E-state index contributed by atoms with van der Waals surface area (Å²) >= 11 is 2.53. The van der Waals surface area contributed by atoms with Gasteiger partial charge >= 0.3 is 5.69 Å². The Hall–Kier alpha value is -2.72. The summed E-state index contributed by atoms with van der Waals surface area (Å²) in [6.07, 6.45) is 0. The molecule has 2 aromatic heterocycles. The minimum Gasteiger partial charge on any atom is -0.384 e. The molecule has 0 radical (unpaired) electrons. The number of nitrogens with zero attached hydrogens (tertiary/aromatic N) is 3. The summed E-state index contributed by atoms with van der Waals surface area (Å²) in [4.78, 5) is 42.1. The molecule has 0 aliphatic rings. The maximum atomic E-state index is 13.1. The van der Waals surface area contributed by atoms with Crippen molar-refractivity contribution in [3.63, 3.8) is 0 Å². The summed E-state index contributed by atoms with van der Waals surface area (Å²) in [5.41, 5.74) is 6.06. The minimum atomic E-state index is -0.700. The van der Waals surface area contributed by atoms with Gasteiger partial charge in [-0.05, 0) is 30.2 Å². The number of hydrogen-bond donors (Lipinski definition) is 1. The van der Waals surface area contributed by atoms with Gasteiger partial charge in [-0.3, -0.25) is 18.7 Å². The summed E-state index contributed by atoms with van der Waals surface area (Å²) in [5.74, 6) is -0.828. The number of Topliss-reactive ketones (excluding diaryl/α,β-unsaturated/α-hetero) is 1. The SMILES string of the molecule is CC(C)Cn1c(N)c(C(=O)CSc2nc(-c3ccc(F)cc3)cs2)c(=O)n(C)c1=O. The van der Waals surface area contributed by atoms with Crippen LogP contribution in [0.5, 0.6) is 0 Å². The minimum absolute atomic E-state index is 0.0459. The third kappa shape index (κ3) is 4.54. The van der Waals surface area contributed by atoms with Crippen LogP contribution in [0.25, 0.3) is 11.3 Å². The van der Waals surface area contributed by atoms with E-state index in [1.165, 1.54) is 46.8 Å². The standard InChI is InChI=1S/C20H21FN4O3S2/c1-11(2)8-25-17(22)16(18(27)24(3)20(25)28)15(26)10-30-19-23-14(9-29-19)12-4-6-13(21)7-5-12/h4-7,9,11H,8,10,22H2,1-3H3. The van der Waals surface area contributed by atoms with Gasteiger partial charge in [0.25, 0.3) is 5.56 Å². The first kappa shape index (κ1) is 22.0. The van der Waals surface area contributed by atoms with Crippen molar-refractivity contribution < 1.29 is 9.18 Å². The van der Waals surface area contributed by atoms with Gasteiger partial charge in [0.15, 0.2) is 10.1 Å². The summed E-state index contributed by atoms with van der Waals surface area (Å²) in [7, 11) is 1.33. The molecule has 0 fully saturated rings. The second kappa shape index (κ2) is 8.97. The zero-order valence-electron chi connectivity index (χ0n) is 16.7. The van der Waals surface area contributed by atoms with Crippen LogP contribution in [-0.4, -0.2) is 25.7 Å². The van der Waals surface area contributed by atoms with E-state index in [4.69, 9.17) is 5.73 Å². The molecular formula is C20H21FN4O3S2. The second-order valence-electron chi connectivity index (χ2n) is 7.13. The average Bonchev–Trinajstić information content (AvgIpc) is 3.17. The van der Waals surface area contributed by atoms with E-state index in [1.54, 1.807) is 12.1 Å². The molecule has 0 aliphatic carbocycles. The molecule has 0 atom stereocenters. The summed E-state index contributed by atoms with van der Waals surface area (Å²) in [5, 5.41) is 1.82. The molecule has 30 heavy (non-hydrogen) atoms. The molecule has 10 heteroatoms. The molecule has 0 spiro atoms. The topological polar surface area (TPSA) is 100.0 Å². The van der Waals surface area contributed by atoms with Crippen molar-refractivity contribution in [2.45, 2.75) is 24.7 Å². The van der Waals surface area contributed by atoms with Crippen LogP contribution in [0.1, 0.15) is 24.2 Å². The van der Waals surface area contributed by atoms with Crippen LogP contribution in [0.15, 0.2) is 43.6 Å². The first-order valence-corrected chi connectivity index (χ1v) is 11.0. The number of hydrogen-bond acceptors (Lipinski definition) is 7. The van der Waals surface area contributed by atoms with Gasteiger partial charge in [0, 0.05) is 24.5 Å². The van der Waals surface area contributed by atoms with Crippen molar-refractivity contribution in [1.82, 2.24) is 14.1 Å². The number of nitrogen functional groups attached to an aromatic ring is 1. The Bertz CT molecular complexity index is 1200. The number of ketones is 1. The van der Waals surface area contributed by atoms with E-state index in [0.717, 1.165) is 10.1 Å². The molecule has 0 unspecified atom stereocenters. The number of nitrogens with two attached hydrogens (primary N) is 1. The maximum Gasteiger partial charge on any atom is 0.332 e. The molecule has 3 rings (SSSR count). The number of halogens is 1. The van der Waals surface area contributed by atoms with Gasteiger partial charge in [0.1, 0.15) is 17.2 Å². The number of thiazole rings is 1. The van der Waals surface area contributed by atoms with Crippen molar-refractivity contribution >= 4 is 34.7 Å². The number of carbonyl (C=O) groups excluding carboxylic acids is 1. The van der Waals surface area contributed by atoms with E-state index >= 15 is 0 Å². The predicted octanol–water partition coefficient (Wildman–Crippen LogP) is 3.02. The Morgan fingerprint density at radius 3 is 2.57 bits per heavy atom. The Kier molecular flexibility index (Phi) is 6.57. The Morgan fingerprint density at radius 1 is 1.27 bits per heavy atom. The molecule has 158 valence electrons. The van der Waals surface area contributed by atoms with Crippen molar-refractivity contribution in [1.29, 1.82) is 0 Å². The monoisotopic (exact) mass is 448 g/mol. The summed E-state index contributed by atoms with van der Waals surface area (Å²) in [6, 6.07) is 5.98. The molecule has 1 aromatic carbocycles. The summed E-state index contributed by atoms with van der Waals surface area (Å²) in [6.45, 7) is 4.13. The normalized spacial score (nSPS) is 11.2. The highest BCUT2D eigenvalue weighted by atomic mass is 32.2.